The fourth-order valence-electron chi connectivity index (χ4n) is 7.17. The van der Waals surface area contributed by atoms with Gasteiger partial charge in [0.05, 0.1) is 25.0 Å². The van der Waals surface area contributed by atoms with Gasteiger partial charge in [0.1, 0.15) is 23.2 Å². The predicted molar refractivity (Wildman–Crippen MR) is 150 cm³/mol. The summed E-state index contributed by atoms with van der Waals surface area (Å²) in [5.41, 5.74) is -0.0108. The lowest BCUT2D eigenvalue weighted by atomic mass is 9.73. The molecular weight excluding hydrogens is 525 g/mol. The first kappa shape index (κ1) is 27.4. The van der Waals surface area contributed by atoms with Crippen LogP contribution in [0.5, 0.6) is 5.75 Å². The number of halogens is 1. The number of benzene rings is 2. The molecule has 0 aromatic heterocycles. The number of amides is 3. The van der Waals surface area contributed by atoms with Crippen molar-refractivity contribution in [1.82, 2.24) is 10.2 Å². The quantitative estimate of drug-likeness (QED) is 0.497. The monoisotopic (exact) mass is 561 g/mol. The van der Waals surface area contributed by atoms with E-state index in [1.807, 2.05) is 0 Å². The van der Waals surface area contributed by atoms with Crippen LogP contribution in [0.1, 0.15) is 38.7 Å². The van der Waals surface area contributed by atoms with Gasteiger partial charge in [0.2, 0.25) is 17.7 Å². The lowest BCUT2D eigenvalue weighted by molar-refractivity contribution is -0.142. The Bertz CT molecular complexity index is 1360. The number of fused-ring (bicyclic) bond motifs is 1. The fourth-order valence-corrected chi connectivity index (χ4v) is 7.17. The van der Waals surface area contributed by atoms with Gasteiger partial charge in [-0.2, -0.15) is 0 Å². The molecule has 8 unspecified atom stereocenters. The van der Waals surface area contributed by atoms with Crippen LogP contribution in [0, 0.1) is 29.5 Å². The lowest BCUT2D eigenvalue weighted by Gasteiger charge is -2.38. The summed E-state index contributed by atoms with van der Waals surface area (Å²) < 4.78 is 25.3. The molecule has 3 aliphatic heterocycles. The minimum Gasteiger partial charge on any atom is -0.497 e. The Morgan fingerprint density at radius 1 is 1.07 bits per heavy atom. The van der Waals surface area contributed by atoms with E-state index in [0.29, 0.717) is 28.8 Å². The van der Waals surface area contributed by atoms with Gasteiger partial charge in [-0.25, -0.2) is 4.39 Å². The maximum Gasteiger partial charge on any atom is 0.246 e. The van der Waals surface area contributed by atoms with E-state index in [0.717, 1.165) is 19.3 Å². The van der Waals surface area contributed by atoms with Gasteiger partial charge in [0, 0.05) is 18.3 Å². The molecule has 1 aliphatic carbocycles. The molecule has 2 aromatic rings. The van der Waals surface area contributed by atoms with Crippen molar-refractivity contribution in [2.45, 2.75) is 63.4 Å². The Morgan fingerprint density at radius 2 is 1.80 bits per heavy atom. The maximum atomic E-state index is 14.2. The summed E-state index contributed by atoms with van der Waals surface area (Å²) in [5, 5.41) is 6.17. The molecule has 2 N–H and O–H groups in total. The smallest absolute Gasteiger partial charge is 0.246 e. The number of rotatable bonds is 7. The SMILES string of the molecule is COc1ccc(NC(=O)C2C3C=CC4(O3)C2C(=O)N(Cc2ccc(F)cc2)C4C(=O)NC2CCCC(C)C2C)cc1. The number of hydrogen-bond acceptors (Lipinski definition) is 5. The van der Waals surface area contributed by atoms with E-state index in [1.54, 1.807) is 55.7 Å². The minimum atomic E-state index is -1.27. The number of ether oxygens (including phenoxy) is 2. The number of methoxy groups -OCH3 is 1. The van der Waals surface area contributed by atoms with E-state index < -0.39 is 29.6 Å². The standard InChI is InChI=1S/C32H36FN3O5/c1-18-5-4-6-24(19(18)2)35-30(38)28-32-16-15-25(41-32)26(29(37)34-22-11-13-23(40-3)14-12-22)27(32)31(39)36(28)17-20-7-9-21(33)10-8-20/h7-16,18-19,24-28H,4-6,17H2,1-3H3,(H,34,37)(H,35,38). The molecule has 3 amide bonds. The van der Waals surface area contributed by atoms with Crippen molar-refractivity contribution in [1.29, 1.82) is 0 Å². The largest absolute Gasteiger partial charge is 0.497 e. The Labute approximate surface area is 239 Å². The highest BCUT2D eigenvalue weighted by atomic mass is 19.1. The van der Waals surface area contributed by atoms with Crippen LogP contribution in [0.3, 0.4) is 0 Å². The molecule has 3 fully saturated rings. The highest BCUT2D eigenvalue weighted by molar-refractivity contribution is 6.02. The van der Waals surface area contributed by atoms with Crippen LogP contribution >= 0.6 is 0 Å². The normalized spacial score (nSPS) is 33.5. The average molecular weight is 562 g/mol. The van der Waals surface area contributed by atoms with Gasteiger partial charge in [0.15, 0.2) is 0 Å². The fraction of sp³-hybridized carbons (Fsp3) is 0.469. The van der Waals surface area contributed by atoms with Crippen molar-refractivity contribution in [3.63, 3.8) is 0 Å². The summed E-state index contributed by atoms with van der Waals surface area (Å²) in [6.45, 7) is 4.46. The molecule has 41 heavy (non-hydrogen) atoms. The molecule has 4 aliphatic rings. The van der Waals surface area contributed by atoms with Gasteiger partial charge < -0.3 is 25.0 Å². The van der Waals surface area contributed by atoms with Gasteiger partial charge in [-0.15, -0.1) is 0 Å². The number of carbonyl (C=O) groups is 3. The minimum absolute atomic E-state index is 0.0128. The van der Waals surface area contributed by atoms with E-state index in [-0.39, 0.29) is 36.1 Å². The van der Waals surface area contributed by atoms with Gasteiger partial charge in [0.25, 0.3) is 0 Å². The second-order valence-electron chi connectivity index (χ2n) is 11.9. The van der Waals surface area contributed by atoms with Crippen molar-refractivity contribution < 1.29 is 28.2 Å². The highest BCUT2D eigenvalue weighted by Gasteiger charge is 2.72. The number of hydrogen-bond donors (Lipinski definition) is 2. The summed E-state index contributed by atoms with van der Waals surface area (Å²) in [6, 6.07) is 11.9. The van der Waals surface area contributed by atoms with Crippen LogP contribution in [-0.4, -0.2) is 53.5 Å². The molecule has 216 valence electrons. The van der Waals surface area contributed by atoms with Crippen molar-refractivity contribution in [3.8, 4) is 5.75 Å². The summed E-state index contributed by atoms with van der Waals surface area (Å²) in [4.78, 5) is 43.5. The summed E-state index contributed by atoms with van der Waals surface area (Å²) in [5.74, 6) is -1.57. The van der Waals surface area contributed by atoms with Crippen molar-refractivity contribution in [3.05, 3.63) is 72.1 Å². The number of carbonyl (C=O) groups excluding carboxylic acids is 3. The molecule has 1 saturated carbocycles. The van der Waals surface area contributed by atoms with E-state index in [2.05, 4.69) is 24.5 Å². The Balaban J connectivity index is 1.31. The van der Waals surface area contributed by atoms with Gasteiger partial charge in [-0.3, -0.25) is 14.4 Å². The molecule has 3 heterocycles. The molecule has 2 saturated heterocycles. The zero-order valence-electron chi connectivity index (χ0n) is 23.5. The van der Waals surface area contributed by atoms with Gasteiger partial charge in [-0.1, -0.05) is 51.0 Å². The van der Waals surface area contributed by atoms with E-state index in [1.165, 1.54) is 17.0 Å². The molecule has 6 rings (SSSR count). The zero-order valence-corrected chi connectivity index (χ0v) is 23.5. The van der Waals surface area contributed by atoms with Crippen LogP contribution in [0.4, 0.5) is 10.1 Å². The molecule has 2 aromatic carbocycles. The van der Waals surface area contributed by atoms with Gasteiger partial charge >= 0.3 is 0 Å². The molecular formula is C32H36FN3O5. The van der Waals surface area contributed by atoms with Crippen molar-refractivity contribution in [2.24, 2.45) is 23.7 Å². The maximum absolute atomic E-state index is 14.2. The first-order chi connectivity index (χ1) is 19.7. The van der Waals surface area contributed by atoms with E-state index in [4.69, 9.17) is 9.47 Å². The van der Waals surface area contributed by atoms with Crippen LogP contribution in [-0.2, 0) is 25.7 Å². The number of anilines is 1. The summed E-state index contributed by atoms with van der Waals surface area (Å²) in [6.07, 6.45) is 6.00. The van der Waals surface area contributed by atoms with E-state index in [9.17, 15) is 18.8 Å². The zero-order chi connectivity index (χ0) is 28.9. The topological polar surface area (TPSA) is 97.0 Å². The third-order valence-electron chi connectivity index (χ3n) is 9.58. The Kier molecular flexibility index (Phi) is 7.09. The van der Waals surface area contributed by atoms with Crippen molar-refractivity contribution >= 4 is 23.4 Å². The van der Waals surface area contributed by atoms with Crippen LogP contribution in [0.25, 0.3) is 0 Å². The van der Waals surface area contributed by atoms with Crippen LogP contribution < -0.4 is 15.4 Å². The second kappa shape index (κ2) is 10.6. The van der Waals surface area contributed by atoms with Crippen molar-refractivity contribution in [2.75, 3.05) is 12.4 Å². The first-order valence-electron chi connectivity index (χ1n) is 14.4. The lowest BCUT2D eigenvalue weighted by Crippen LogP contribution is -2.57. The van der Waals surface area contributed by atoms with Crippen LogP contribution in [0.15, 0.2) is 60.7 Å². The van der Waals surface area contributed by atoms with Crippen LogP contribution in [0.2, 0.25) is 0 Å². The first-order valence-corrected chi connectivity index (χ1v) is 14.4. The summed E-state index contributed by atoms with van der Waals surface area (Å²) >= 11 is 0. The number of nitrogens with one attached hydrogen (secondary N) is 2. The number of nitrogens with zero attached hydrogens (tertiary/aromatic N) is 1. The molecule has 9 heteroatoms. The molecule has 8 nitrogen and oxygen atoms in total. The third-order valence-corrected chi connectivity index (χ3v) is 9.58. The van der Waals surface area contributed by atoms with E-state index >= 15 is 0 Å². The highest BCUT2D eigenvalue weighted by Crippen LogP contribution is 2.55. The third kappa shape index (κ3) is 4.70. The molecule has 8 atom stereocenters. The predicted octanol–water partition coefficient (Wildman–Crippen LogP) is 4.06. The molecule has 1 spiro atoms. The Morgan fingerprint density at radius 3 is 2.51 bits per heavy atom. The number of likely N-dealkylation sites (tertiary alicyclic amines) is 1. The average Bonchev–Trinajstić information content (AvgIpc) is 3.60. The second-order valence-corrected chi connectivity index (χ2v) is 11.9. The molecule has 2 bridgehead atoms. The molecule has 0 radical (unpaired) electrons. The Hall–Kier alpha value is -3.72. The summed E-state index contributed by atoms with van der Waals surface area (Å²) in [7, 11) is 1.57. The van der Waals surface area contributed by atoms with Gasteiger partial charge in [-0.05, 0) is 60.2 Å².